The smallest absolute Gasteiger partial charge is 0.270 e. The Morgan fingerprint density at radius 1 is 0.909 bits per heavy atom. The van der Waals surface area contributed by atoms with Crippen LogP contribution in [0, 0.1) is 5.82 Å². The molecule has 3 heterocycles. The number of halogens is 2. The first kappa shape index (κ1) is 23.7. The van der Waals surface area contributed by atoms with E-state index >= 15 is 0 Å². The Kier molecular flexibility index (Phi) is 6.78. The van der Waals surface area contributed by atoms with Crippen molar-refractivity contribution in [3.05, 3.63) is 52.6 Å². The zero-order valence-electron chi connectivity index (χ0n) is 18.3. The van der Waals surface area contributed by atoms with Gasteiger partial charge in [-0.3, -0.25) is 9.59 Å². The lowest BCUT2D eigenvalue weighted by Crippen LogP contribution is -2.50. The zero-order chi connectivity index (χ0) is 23.8. The van der Waals surface area contributed by atoms with Crippen LogP contribution >= 0.6 is 11.6 Å². The second-order valence-corrected chi connectivity index (χ2v) is 10.7. The van der Waals surface area contributed by atoms with Crippen LogP contribution in [0.4, 0.5) is 4.39 Å². The number of piperazine rings is 1. The number of carbonyl (C=O) groups excluding carboxylic acids is 2. The van der Waals surface area contributed by atoms with Gasteiger partial charge in [-0.05, 0) is 37.1 Å². The molecule has 178 valence electrons. The largest absolute Gasteiger partial charge is 0.345 e. The predicted octanol–water partition coefficient (Wildman–Crippen LogP) is 2.59. The summed E-state index contributed by atoms with van der Waals surface area (Å²) >= 11 is 6.01. The normalized spacial score (nSPS) is 17.9. The van der Waals surface area contributed by atoms with E-state index < -0.39 is 15.8 Å². The first-order valence-electron chi connectivity index (χ1n) is 10.9. The second-order valence-electron chi connectivity index (χ2n) is 8.35. The number of aryl methyl sites for hydroxylation is 1. The van der Waals surface area contributed by atoms with Gasteiger partial charge in [-0.25, -0.2) is 12.8 Å². The Morgan fingerprint density at radius 3 is 2.12 bits per heavy atom. The molecule has 2 fully saturated rings. The van der Waals surface area contributed by atoms with Crippen molar-refractivity contribution in [1.82, 2.24) is 18.7 Å². The maximum absolute atomic E-state index is 13.3. The van der Waals surface area contributed by atoms with Gasteiger partial charge in [-0.1, -0.05) is 18.0 Å². The quantitative estimate of drug-likeness (QED) is 0.651. The Balaban J connectivity index is 1.43. The highest BCUT2D eigenvalue weighted by molar-refractivity contribution is 7.89. The van der Waals surface area contributed by atoms with E-state index in [4.69, 9.17) is 11.6 Å². The number of sulfonamides is 1. The van der Waals surface area contributed by atoms with Gasteiger partial charge in [0.2, 0.25) is 10.0 Å². The molecule has 4 rings (SSSR count). The Labute approximate surface area is 197 Å². The van der Waals surface area contributed by atoms with Crippen molar-refractivity contribution in [2.75, 3.05) is 39.3 Å². The fourth-order valence-electron chi connectivity index (χ4n) is 4.25. The Hall–Kier alpha value is -2.43. The molecular formula is C22H26ClFN4O4S. The molecular weight excluding hydrogens is 471 g/mol. The molecule has 0 aliphatic carbocycles. The van der Waals surface area contributed by atoms with Gasteiger partial charge in [0.05, 0.1) is 10.6 Å². The summed E-state index contributed by atoms with van der Waals surface area (Å²) in [6.07, 6.45) is 4.17. The minimum atomic E-state index is -3.64. The molecule has 2 saturated heterocycles. The molecule has 0 N–H and O–H groups in total. The van der Waals surface area contributed by atoms with Crippen LogP contribution in [0.25, 0.3) is 0 Å². The third-order valence-corrected chi connectivity index (χ3v) is 8.34. The molecule has 2 aliphatic heterocycles. The van der Waals surface area contributed by atoms with E-state index in [-0.39, 0.29) is 33.0 Å². The van der Waals surface area contributed by atoms with Crippen LogP contribution in [0.3, 0.4) is 0 Å². The molecule has 1 aromatic carbocycles. The summed E-state index contributed by atoms with van der Waals surface area (Å²) in [5.41, 5.74) is 0.500. The van der Waals surface area contributed by atoms with Crippen LogP contribution in [0.2, 0.25) is 5.02 Å². The molecule has 1 aromatic heterocycles. The third kappa shape index (κ3) is 4.78. The van der Waals surface area contributed by atoms with Gasteiger partial charge < -0.3 is 14.4 Å². The number of nitrogens with zero attached hydrogens (tertiary/aromatic N) is 4. The Bertz CT molecular complexity index is 1170. The lowest BCUT2D eigenvalue weighted by atomic mass is 10.1. The molecule has 11 heteroatoms. The van der Waals surface area contributed by atoms with Crippen LogP contribution in [-0.2, 0) is 17.1 Å². The van der Waals surface area contributed by atoms with E-state index in [1.165, 1.54) is 33.3 Å². The highest BCUT2D eigenvalue weighted by Crippen LogP contribution is 2.24. The molecule has 0 bridgehead atoms. The van der Waals surface area contributed by atoms with Crippen LogP contribution < -0.4 is 0 Å². The minimum absolute atomic E-state index is 0.0461. The molecule has 33 heavy (non-hydrogen) atoms. The molecule has 0 atom stereocenters. The van der Waals surface area contributed by atoms with Crippen molar-refractivity contribution < 1.29 is 22.4 Å². The van der Waals surface area contributed by atoms with Crippen LogP contribution in [0.5, 0.6) is 0 Å². The topological polar surface area (TPSA) is 82.9 Å². The molecule has 0 spiro atoms. The number of aromatic nitrogens is 1. The SMILES string of the molecule is Cn1cc(S(=O)(=O)N2CCCCC2)cc1C(=O)N1CCN(C(=O)c2ccc(F)cc2Cl)CC1. The summed E-state index contributed by atoms with van der Waals surface area (Å²) in [5.74, 6) is -1.12. The van der Waals surface area contributed by atoms with Crippen molar-refractivity contribution in [2.24, 2.45) is 7.05 Å². The lowest BCUT2D eigenvalue weighted by molar-refractivity contribution is 0.0530. The standard InChI is InChI=1S/C22H26ClFN4O4S/c1-25-15-17(33(31,32)28-7-3-2-4-8-28)14-20(25)22(30)27-11-9-26(10-12-27)21(29)18-6-5-16(24)13-19(18)23/h5-6,13-15H,2-4,7-12H2,1H3. The molecule has 2 amide bonds. The molecule has 0 unspecified atom stereocenters. The van der Waals surface area contributed by atoms with Gasteiger partial charge in [0.1, 0.15) is 16.4 Å². The van der Waals surface area contributed by atoms with Gasteiger partial charge in [-0.15, -0.1) is 0 Å². The number of amides is 2. The summed E-state index contributed by atoms with van der Waals surface area (Å²) in [6.45, 7) is 2.16. The highest BCUT2D eigenvalue weighted by Gasteiger charge is 2.31. The number of rotatable bonds is 4. The van der Waals surface area contributed by atoms with E-state index in [9.17, 15) is 22.4 Å². The summed E-state index contributed by atoms with van der Waals surface area (Å²) in [4.78, 5) is 29.1. The first-order valence-corrected chi connectivity index (χ1v) is 12.7. The number of piperidine rings is 1. The van der Waals surface area contributed by atoms with Crippen LogP contribution in [-0.4, -0.2) is 78.2 Å². The molecule has 2 aliphatic rings. The number of carbonyl (C=O) groups is 2. The zero-order valence-corrected chi connectivity index (χ0v) is 19.9. The van der Waals surface area contributed by atoms with Gasteiger partial charge in [-0.2, -0.15) is 4.31 Å². The molecule has 0 saturated carbocycles. The lowest BCUT2D eigenvalue weighted by Gasteiger charge is -2.35. The van der Waals surface area contributed by atoms with Crippen molar-refractivity contribution in [1.29, 1.82) is 0 Å². The van der Waals surface area contributed by atoms with Gasteiger partial charge in [0, 0.05) is 52.5 Å². The van der Waals surface area contributed by atoms with Crippen LogP contribution in [0.15, 0.2) is 35.4 Å². The third-order valence-electron chi connectivity index (χ3n) is 6.17. The van der Waals surface area contributed by atoms with Gasteiger partial charge >= 0.3 is 0 Å². The second kappa shape index (κ2) is 9.44. The summed E-state index contributed by atoms with van der Waals surface area (Å²) in [7, 11) is -1.98. The molecule has 8 nitrogen and oxygen atoms in total. The monoisotopic (exact) mass is 496 g/mol. The Morgan fingerprint density at radius 2 is 1.52 bits per heavy atom. The summed E-state index contributed by atoms with van der Waals surface area (Å²) < 4.78 is 42.2. The summed E-state index contributed by atoms with van der Waals surface area (Å²) in [6, 6.07) is 5.07. The summed E-state index contributed by atoms with van der Waals surface area (Å²) in [5, 5.41) is 0.0461. The van der Waals surface area contributed by atoms with E-state index in [1.54, 1.807) is 16.8 Å². The molecule has 0 radical (unpaired) electrons. The van der Waals surface area contributed by atoms with E-state index in [2.05, 4.69) is 0 Å². The number of benzene rings is 1. The maximum atomic E-state index is 13.3. The van der Waals surface area contributed by atoms with E-state index in [1.807, 2.05) is 0 Å². The van der Waals surface area contributed by atoms with Crippen molar-refractivity contribution in [2.45, 2.75) is 24.2 Å². The van der Waals surface area contributed by atoms with Crippen molar-refractivity contribution in [3.63, 3.8) is 0 Å². The first-order chi connectivity index (χ1) is 15.7. The fourth-order valence-corrected chi connectivity index (χ4v) is 6.09. The average Bonchev–Trinajstić information content (AvgIpc) is 3.21. The fraction of sp³-hybridized carbons (Fsp3) is 0.455. The van der Waals surface area contributed by atoms with Crippen molar-refractivity contribution in [3.8, 4) is 0 Å². The number of hydrogen-bond acceptors (Lipinski definition) is 4. The van der Waals surface area contributed by atoms with E-state index in [0.29, 0.717) is 39.3 Å². The highest BCUT2D eigenvalue weighted by atomic mass is 35.5. The average molecular weight is 497 g/mol. The van der Waals surface area contributed by atoms with Crippen LogP contribution in [0.1, 0.15) is 40.1 Å². The van der Waals surface area contributed by atoms with Crippen molar-refractivity contribution >= 4 is 33.4 Å². The molecule has 2 aromatic rings. The van der Waals surface area contributed by atoms with Gasteiger partial charge in [0.25, 0.3) is 11.8 Å². The maximum Gasteiger partial charge on any atom is 0.270 e. The van der Waals surface area contributed by atoms with E-state index in [0.717, 1.165) is 25.3 Å². The minimum Gasteiger partial charge on any atom is -0.345 e. The predicted molar refractivity (Wildman–Crippen MR) is 121 cm³/mol. The number of hydrogen-bond donors (Lipinski definition) is 0. The van der Waals surface area contributed by atoms with Gasteiger partial charge in [0.15, 0.2) is 0 Å².